The number of benzene rings is 1. The van der Waals surface area contributed by atoms with Gasteiger partial charge in [-0.2, -0.15) is 5.21 Å². The van der Waals surface area contributed by atoms with E-state index in [1.807, 2.05) is 30.3 Å². The lowest BCUT2D eigenvalue weighted by molar-refractivity contribution is 0.0933. The summed E-state index contributed by atoms with van der Waals surface area (Å²) in [6.45, 7) is 1.81. The fraction of sp³-hybridized carbons (Fsp3) is 0.176. The molecule has 1 amide bonds. The number of para-hydroxylation sites is 1. The molecule has 0 saturated heterocycles. The van der Waals surface area contributed by atoms with E-state index in [0.29, 0.717) is 11.6 Å². The molecule has 0 bridgehead atoms. The Labute approximate surface area is 153 Å². The Balaban J connectivity index is 1.41. The molecular formula is C17H15N7O3. The van der Waals surface area contributed by atoms with Crippen LogP contribution in [0.25, 0.3) is 10.9 Å². The number of oxazole rings is 1. The maximum absolute atomic E-state index is 12.2. The van der Waals surface area contributed by atoms with Gasteiger partial charge in [0.1, 0.15) is 17.5 Å². The number of amides is 1. The number of aromatic nitrogens is 6. The van der Waals surface area contributed by atoms with E-state index < -0.39 is 11.9 Å². The third-order valence-electron chi connectivity index (χ3n) is 3.83. The number of carbonyl (C=O) groups excluding carboxylic acids is 1. The minimum Gasteiger partial charge on any atom is -0.482 e. The van der Waals surface area contributed by atoms with Crippen LogP contribution in [-0.2, 0) is 6.61 Å². The van der Waals surface area contributed by atoms with Crippen LogP contribution in [0.1, 0.15) is 35.2 Å². The van der Waals surface area contributed by atoms with Crippen molar-refractivity contribution in [2.45, 2.75) is 19.6 Å². The van der Waals surface area contributed by atoms with Crippen molar-refractivity contribution in [3.05, 3.63) is 60.2 Å². The van der Waals surface area contributed by atoms with Crippen molar-refractivity contribution >= 4 is 16.8 Å². The Morgan fingerprint density at radius 1 is 1.33 bits per heavy atom. The van der Waals surface area contributed by atoms with Gasteiger partial charge in [-0.05, 0) is 19.1 Å². The summed E-state index contributed by atoms with van der Waals surface area (Å²) >= 11 is 0. The van der Waals surface area contributed by atoms with Crippen LogP contribution in [0.3, 0.4) is 0 Å². The Kier molecular flexibility index (Phi) is 4.44. The lowest BCUT2D eigenvalue weighted by atomic mass is 10.2. The van der Waals surface area contributed by atoms with Gasteiger partial charge in [-0.15, -0.1) is 10.2 Å². The highest BCUT2D eigenvalue weighted by Crippen LogP contribution is 2.23. The van der Waals surface area contributed by atoms with Crippen molar-refractivity contribution in [1.82, 2.24) is 35.9 Å². The van der Waals surface area contributed by atoms with Crippen LogP contribution in [0.2, 0.25) is 0 Å². The standard InChI is InChI=1S/C17H15N7O3/c1-10(16-21-23-24-22-16)19-17(25)12-8-27-14(20-12)9-26-13-6-2-4-11-5-3-7-18-15(11)13/h2-8,10H,9H2,1H3,(H,19,25)(H,21,22,23,24)/t10-/m1/s1. The first-order valence-electron chi connectivity index (χ1n) is 8.16. The van der Waals surface area contributed by atoms with E-state index in [2.05, 4.69) is 35.9 Å². The van der Waals surface area contributed by atoms with E-state index in [-0.39, 0.29) is 18.2 Å². The molecule has 4 aromatic rings. The molecule has 0 aliphatic rings. The van der Waals surface area contributed by atoms with E-state index in [4.69, 9.17) is 9.15 Å². The third kappa shape index (κ3) is 3.59. The molecule has 0 aliphatic heterocycles. The average Bonchev–Trinajstić information content (AvgIpc) is 3.38. The van der Waals surface area contributed by atoms with Gasteiger partial charge >= 0.3 is 0 Å². The second-order valence-corrected chi connectivity index (χ2v) is 5.71. The monoisotopic (exact) mass is 365 g/mol. The summed E-state index contributed by atoms with van der Waals surface area (Å²) in [4.78, 5) is 20.7. The molecule has 4 rings (SSSR count). The zero-order valence-electron chi connectivity index (χ0n) is 14.3. The van der Waals surface area contributed by atoms with Crippen molar-refractivity contribution in [1.29, 1.82) is 0 Å². The SMILES string of the molecule is C[C@@H](NC(=O)c1coc(COc2cccc3cccnc23)n1)c1nn[nH]n1. The van der Waals surface area contributed by atoms with E-state index in [9.17, 15) is 4.79 Å². The van der Waals surface area contributed by atoms with Gasteiger partial charge in [0.25, 0.3) is 5.91 Å². The molecule has 0 fully saturated rings. The van der Waals surface area contributed by atoms with Gasteiger partial charge in [-0.1, -0.05) is 23.4 Å². The van der Waals surface area contributed by atoms with Crippen molar-refractivity contribution in [3.8, 4) is 5.75 Å². The minimum atomic E-state index is -0.422. The quantitative estimate of drug-likeness (QED) is 0.529. The van der Waals surface area contributed by atoms with Crippen LogP contribution < -0.4 is 10.1 Å². The molecule has 10 nitrogen and oxygen atoms in total. The molecule has 0 aliphatic carbocycles. The summed E-state index contributed by atoms with van der Waals surface area (Å²) in [6, 6.07) is 9.04. The Morgan fingerprint density at radius 2 is 2.22 bits per heavy atom. The van der Waals surface area contributed by atoms with Gasteiger partial charge in [0.05, 0.1) is 6.04 Å². The van der Waals surface area contributed by atoms with Gasteiger partial charge in [-0.25, -0.2) is 4.98 Å². The van der Waals surface area contributed by atoms with Gasteiger partial charge in [-0.3, -0.25) is 9.78 Å². The zero-order chi connectivity index (χ0) is 18.6. The van der Waals surface area contributed by atoms with Crippen molar-refractivity contribution in [3.63, 3.8) is 0 Å². The number of carbonyl (C=O) groups is 1. The van der Waals surface area contributed by atoms with Gasteiger partial charge in [0, 0.05) is 11.6 Å². The Bertz CT molecular complexity index is 1060. The number of H-pyrrole nitrogens is 1. The average molecular weight is 365 g/mol. The molecule has 27 heavy (non-hydrogen) atoms. The van der Waals surface area contributed by atoms with Crippen LogP contribution in [0, 0.1) is 0 Å². The predicted octanol–water partition coefficient (Wildman–Crippen LogP) is 1.81. The second kappa shape index (κ2) is 7.20. The summed E-state index contributed by atoms with van der Waals surface area (Å²) in [5, 5.41) is 17.1. The summed E-state index contributed by atoms with van der Waals surface area (Å²) in [5.41, 5.74) is 0.887. The second-order valence-electron chi connectivity index (χ2n) is 5.71. The van der Waals surface area contributed by atoms with Crippen LogP contribution in [0.15, 0.2) is 47.2 Å². The number of aromatic amines is 1. The van der Waals surface area contributed by atoms with Gasteiger partial charge in [0.15, 0.2) is 18.1 Å². The first-order valence-corrected chi connectivity index (χ1v) is 8.16. The summed E-state index contributed by atoms with van der Waals surface area (Å²) in [7, 11) is 0. The lowest BCUT2D eigenvalue weighted by Crippen LogP contribution is -2.27. The summed E-state index contributed by atoms with van der Waals surface area (Å²) in [6.07, 6.45) is 2.98. The molecule has 136 valence electrons. The van der Waals surface area contributed by atoms with Crippen LogP contribution in [0.5, 0.6) is 5.75 Å². The fourth-order valence-corrected chi connectivity index (χ4v) is 2.50. The van der Waals surface area contributed by atoms with E-state index >= 15 is 0 Å². The molecule has 3 aromatic heterocycles. The number of rotatable bonds is 6. The Hall–Kier alpha value is -3.82. The van der Waals surface area contributed by atoms with Gasteiger partial charge in [0.2, 0.25) is 5.89 Å². The highest BCUT2D eigenvalue weighted by atomic mass is 16.5. The molecule has 3 heterocycles. The number of nitrogens with one attached hydrogen (secondary N) is 2. The molecule has 1 aromatic carbocycles. The van der Waals surface area contributed by atoms with Crippen LogP contribution >= 0.6 is 0 Å². The Morgan fingerprint density at radius 3 is 3.07 bits per heavy atom. The van der Waals surface area contributed by atoms with E-state index in [1.165, 1.54) is 6.26 Å². The molecule has 0 radical (unpaired) electrons. The van der Waals surface area contributed by atoms with Crippen molar-refractivity contribution in [2.75, 3.05) is 0 Å². The topological polar surface area (TPSA) is 132 Å². The number of fused-ring (bicyclic) bond motifs is 1. The maximum Gasteiger partial charge on any atom is 0.273 e. The van der Waals surface area contributed by atoms with Crippen LogP contribution in [0.4, 0.5) is 0 Å². The predicted molar refractivity (Wildman–Crippen MR) is 92.6 cm³/mol. The first kappa shape index (κ1) is 16.6. The van der Waals surface area contributed by atoms with E-state index in [0.717, 1.165) is 10.9 Å². The van der Waals surface area contributed by atoms with Crippen LogP contribution in [-0.4, -0.2) is 36.5 Å². The molecule has 1 atom stereocenters. The third-order valence-corrected chi connectivity index (χ3v) is 3.83. The summed E-state index contributed by atoms with van der Waals surface area (Å²) in [5.74, 6) is 0.858. The van der Waals surface area contributed by atoms with Crippen molar-refractivity contribution in [2.24, 2.45) is 0 Å². The van der Waals surface area contributed by atoms with E-state index in [1.54, 1.807) is 13.1 Å². The molecule has 10 heteroatoms. The zero-order valence-corrected chi connectivity index (χ0v) is 14.3. The lowest BCUT2D eigenvalue weighted by Gasteiger charge is -2.07. The highest BCUT2D eigenvalue weighted by molar-refractivity contribution is 5.92. The number of nitrogens with zero attached hydrogens (tertiary/aromatic N) is 5. The highest BCUT2D eigenvalue weighted by Gasteiger charge is 2.18. The molecule has 0 spiro atoms. The summed E-state index contributed by atoms with van der Waals surface area (Å²) < 4.78 is 11.1. The van der Waals surface area contributed by atoms with Crippen molar-refractivity contribution < 1.29 is 13.9 Å². The number of hydrogen-bond acceptors (Lipinski definition) is 8. The number of pyridine rings is 1. The molecule has 0 saturated carbocycles. The molecular weight excluding hydrogens is 350 g/mol. The number of hydrogen-bond donors (Lipinski definition) is 2. The minimum absolute atomic E-state index is 0.0728. The first-order chi connectivity index (χ1) is 13.2. The van der Waals surface area contributed by atoms with Gasteiger partial charge < -0.3 is 14.5 Å². The maximum atomic E-state index is 12.2. The largest absolute Gasteiger partial charge is 0.482 e. The molecule has 0 unspecified atom stereocenters. The number of ether oxygens (including phenoxy) is 1. The fourth-order valence-electron chi connectivity index (χ4n) is 2.50. The number of tetrazole rings is 1. The molecule has 2 N–H and O–H groups in total. The normalized spacial score (nSPS) is 12.0. The smallest absolute Gasteiger partial charge is 0.273 e.